The molecule has 0 unspecified atom stereocenters. The summed E-state index contributed by atoms with van der Waals surface area (Å²) in [5, 5.41) is 5.50. The Labute approximate surface area is 128 Å². The van der Waals surface area contributed by atoms with Crippen molar-refractivity contribution in [2.75, 3.05) is 10.6 Å². The van der Waals surface area contributed by atoms with E-state index in [2.05, 4.69) is 15.6 Å². The van der Waals surface area contributed by atoms with Crippen molar-refractivity contribution in [1.29, 1.82) is 0 Å². The van der Waals surface area contributed by atoms with Crippen molar-refractivity contribution >= 4 is 34.7 Å². The normalized spacial score (nSPS) is 12.9. The van der Waals surface area contributed by atoms with Gasteiger partial charge in [0.2, 0.25) is 5.91 Å². The van der Waals surface area contributed by atoms with E-state index in [4.69, 9.17) is 0 Å². The summed E-state index contributed by atoms with van der Waals surface area (Å²) in [6.45, 7) is 1.25. The zero-order valence-corrected chi connectivity index (χ0v) is 12.1. The Balaban J connectivity index is 2.13. The lowest BCUT2D eigenvalue weighted by atomic mass is 10.1. The fourth-order valence-corrected chi connectivity index (χ4v) is 3.12. The quantitative estimate of drug-likeness (QED) is 0.702. The van der Waals surface area contributed by atoms with Gasteiger partial charge in [-0.3, -0.25) is 9.78 Å². The topological polar surface area (TPSA) is 54.0 Å². The molecule has 0 spiro atoms. The van der Waals surface area contributed by atoms with Crippen molar-refractivity contribution in [1.82, 2.24) is 4.98 Å². The van der Waals surface area contributed by atoms with E-state index >= 15 is 0 Å². The van der Waals surface area contributed by atoms with E-state index in [0.717, 1.165) is 22.7 Å². The number of amides is 1. The van der Waals surface area contributed by atoms with Gasteiger partial charge in [-0.15, -0.1) is 0 Å². The average Bonchev–Trinajstić information content (AvgIpc) is 2.43. The summed E-state index contributed by atoms with van der Waals surface area (Å²) in [6.07, 6.45) is -1.33. The molecule has 2 aromatic rings. The molecule has 3 rings (SSSR count). The molecule has 0 bridgehead atoms. The molecule has 1 aliphatic heterocycles. The molecule has 114 valence electrons. The summed E-state index contributed by atoms with van der Waals surface area (Å²) in [6, 6.07) is 3.72. The van der Waals surface area contributed by atoms with E-state index in [-0.39, 0.29) is 5.69 Å². The van der Waals surface area contributed by atoms with Crippen LogP contribution < -0.4 is 10.6 Å². The molecule has 0 aliphatic carbocycles. The van der Waals surface area contributed by atoms with E-state index in [1.165, 1.54) is 18.7 Å². The molecular weight excluding hydrogens is 315 g/mol. The number of anilines is 3. The molecule has 8 heteroatoms. The molecule has 0 fully saturated rings. The molecular formula is C14H10F3N3OS. The highest BCUT2D eigenvalue weighted by atomic mass is 32.2. The predicted octanol–water partition coefficient (Wildman–Crippen LogP) is 4.27. The number of hydrogen-bond acceptors (Lipinski definition) is 4. The highest BCUT2D eigenvalue weighted by Gasteiger charge is 2.33. The monoisotopic (exact) mass is 325 g/mol. The highest BCUT2D eigenvalue weighted by molar-refractivity contribution is 7.99. The van der Waals surface area contributed by atoms with Gasteiger partial charge in [0.15, 0.2) is 0 Å². The van der Waals surface area contributed by atoms with Crippen LogP contribution in [-0.2, 0) is 11.0 Å². The van der Waals surface area contributed by atoms with Crippen LogP contribution in [0.4, 0.5) is 30.2 Å². The number of aromatic nitrogens is 1. The summed E-state index contributed by atoms with van der Waals surface area (Å²) in [7, 11) is 0. The third kappa shape index (κ3) is 2.74. The van der Waals surface area contributed by atoms with Crippen LogP contribution in [0.15, 0.2) is 40.4 Å². The molecule has 0 radical (unpaired) electrons. The second-order valence-electron chi connectivity index (χ2n) is 4.67. The lowest BCUT2D eigenvalue weighted by molar-refractivity contribution is -0.137. The number of halogens is 3. The van der Waals surface area contributed by atoms with Crippen LogP contribution in [0.5, 0.6) is 0 Å². The molecule has 1 aromatic heterocycles. The summed E-state index contributed by atoms with van der Waals surface area (Å²) >= 11 is 1.18. The Morgan fingerprint density at radius 2 is 2.09 bits per heavy atom. The Morgan fingerprint density at radius 3 is 2.77 bits per heavy atom. The molecule has 4 nitrogen and oxygen atoms in total. The van der Waals surface area contributed by atoms with Crippen molar-refractivity contribution in [3.63, 3.8) is 0 Å². The summed E-state index contributed by atoms with van der Waals surface area (Å²) in [5.74, 6) is -0.436. The molecule has 0 saturated heterocycles. The molecule has 0 saturated carbocycles. The lowest BCUT2D eigenvalue weighted by Gasteiger charge is -2.24. The largest absolute Gasteiger partial charge is 0.416 e. The van der Waals surface area contributed by atoms with E-state index in [1.807, 2.05) is 0 Å². The number of carbonyl (C=O) groups is 1. The zero-order chi connectivity index (χ0) is 15.9. The molecule has 0 atom stereocenters. The zero-order valence-electron chi connectivity index (χ0n) is 11.3. The second-order valence-corrected chi connectivity index (χ2v) is 5.76. The second kappa shape index (κ2) is 5.20. The predicted molar refractivity (Wildman–Crippen MR) is 77.4 cm³/mol. The Bertz CT molecular complexity index is 761. The minimum atomic E-state index is -4.49. The Morgan fingerprint density at radius 1 is 1.32 bits per heavy atom. The number of fused-ring (bicyclic) bond motifs is 2. The fourth-order valence-electron chi connectivity index (χ4n) is 2.09. The van der Waals surface area contributed by atoms with Crippen LogP contribution in [0.1, 0.15) is 12.5 Å². The molecule has 22 heavy (non-hydrogen) atoms. The number of benzene rings is 1. The van der Waals surface area contributed by atoms with Crippen LogP contribution in [0.25, 0.3) is 0 Å². The van der Waals surface area contributed by atoms with E-state index in [0.29, 0.717) is 10.6 Å². The first kappa shape index (κ1) is 14.7. The number of carbonyl (C=O) groups excluding carboxylic acids is 1. The van der Waals surface area contributed by atoms with E-state index in [9.17, 15) is 18.0 Å². The molecule has 1 amide bonds. The van der Waals surface area contributed by atoms with Gasteiger partial charge in [-0.25, -0.2) is 0 Å². The number of alkyl halides is 3. The smallest absolute Gasteiger partial charge is 0.352 e. The Kier molecular flexibility index (Phi) is 3.48. The van der Waals surface area contributed by atoms with Gasteiger partial charge in [-0.2, -0.15) is 13.2 Å². The molecule has 1 aliphatic rings. The van der Waals surface area contributed by atoms with Crippen molar-refractivity contribution < 1.29 is 18.0 Å². The highest BCUT2D eigenvalue weighted by Crippen LogP contribution is 2.49. The van der Waals surface area contributed by atoms with E-state index in [1.54, 1.807) is 18.5 Å². The maximum atomic E-state index is 13.0. The van der Waals surface area contributed by atoms with Gasteiger partial charge in [0.25, 0.3) is 0 Å². The number of pyridine rings is 1. The SMILES string of the molecule is CC(=O)Nc1cc(C(F)(F)F)cc2c1Nc1ccncc1S2. The van der Waals surface area contributed by atoms with Crippen molar-refractivity contribution in [3.05, 3.63) is 36.2 Å². The Hall–Kier alpha value is -2.22. The van der Waals surface area contributed by atoms with Crippen LogP contribution in [0.2, 0.25) is 0 Å². The van der Waals surface area contributed by atoms with Gasteiger partial charge in [0.1, 0.15) is 0 Å². The van der Waals surface area contributed by atoms with Crippen LogP contribution in [0.3, 0.4) is 0 Å². The van der Waals surface area contributed by atoms with Crippen molar-refractivity contribution in [2.24, 2.45) is 0 Å². The van der Waals surface area contributed by atoms with E-state index < -0.39 is 17.6 Å². The van der Waals surface area contributed by atoms with Crippen molar-refractivity contribution in [2.45, 2.75) is 22.9 Å². The van der Waals surface area contributed by atoms with Gasteiger partial charge in [-0.1, -0.05) is 11.8 Å². The number of nitrogens with one attached hydrogen (secondary N) is 2. The average molecular weight is 325 g/mol. The van der Waals surface area contributed by atoms with Gasteiger partial charge < -0.3 is 10.6 Å². The van der Waals surface area contributed by atoms with Crippen LogP contribution in [0, 0.1) is 0 Å². The van der Waals surface area contributed by atoms with Gasteiger partial charge in [0, 0.05) is 24.2 Å². The minimum Gasteiger partial charge on any atom is -0.352 e. The van der Waals surface area contributed by atoms with Gasteiger partial charge >= 0.3 is 6.18 Å². The standard InChI is InChI=1S/C14H10F3N3OS/c1-7(21)19-10-4-8(14(15,16)17)5-11-13(10)20-9-2-3-18-6-12(9)22-11/h2-6,20H,1H3,(H,19,21). The third-order valence-electron chi connectivity index (χ3n) is 3.00. The maximum absolute atomic E-state index is 13.0. The number of hydrogen-bond donors (Lipinski definition) is 2. The van der Waals surface area contributed by atoms with Crippen LogP contribution in [-0.4, -0.2) is 10.9 Å². The maximum Gasteiger partial charge on any atom is 0.416 e. The summed E-state index contributed by atoms with van der Waals surface area (Å²) in [4.78, 5) is 16.3. The van der Waals surface area contributed by atoms with Gasteiger partial charge in [0.05, 0.1) is 27.5 Å². The minimum absolute atomic E-state index is 0.104. The third-order valence-corrected chi connectivity index (χ3v) is 4.09. The first-order chi connectivity index (χ1) is 10.3. The van der Waals surface area contributed by atoms with Crippen LogP contribution >= 0.6 is 11.8 Å². The number of rotatable bonds is 1. The molecule has 1 aromatic carbocycles. The summed E-state index contributed by atoms with van der Waals surface area (Å²) in [5.41, 5.74) is 0.481. The summed E-state index contributed by atoms with van der Waals surface area (Å²) < 4.78 is 39.0. The number of nitrogens with zero attached hydrogens (tertiary/aromatic N) is 1. The molecule has 2 N–H and O–H groups in total. The van der Waals surface area contributed by atoms with Gasteiger partial charge in [-0.05, 0) is 18.2 Å². The molecule has 2 heterocycles. The lowest BCUT2D eigenvalue weighted by Crippen LogP contribution is -2.13. The van der Waals surface area contributed by atoms with Crippen molar-refractivity contribution in [3.8, 4) is 0 Å². The fraction of sp³-hybridized carbons (Fsp3) is 0.143. The first-order valence-electron chi connectivity index (χ1n) is 6.26. The first-order valence-corrected chi connectivity index (χ1v) is 7.08.